The van der Waals surface area contributed by atoms with E-state index < -0.39 is 0 Å². The molecule has 0 fully saturated rings. The first kappa shape index (κ1) is 15.5. The molecular formula is C15H12ClN5OS. The Hall–Kier alpha value is -2.38. The zero-order valence-corrected chi connectivity index (χ0v) is 13.7. The third-order valence-corrected chi connectivity index (χ3v) is 4.51. The van der Waals surface area contributed by atoms with E-state index in [1.165, 1.54) is 11.8 Å². The Morgan fingerprint density at radius 2 is 2.17 bits per heavy atom. The zero-order valence-electron chi connectivity index (χ0n) is 12.1. The highest BCUT2D eigenvalue weighted by molar-refractivity contribution is 7.99. The number of pyridine rings is 1. The number of nitrogens with zero attached hydrogens (tertiary/aromatic N) is 4. The Kier molecular flexibility index (Phi) is 4.59. The van der Waals surface area contributed by atoms with Crippen molar-refractivity contribution in [3.8, 4) is 0 Å². The highest BCUT2D eigenvalue weighted by Gasteiger charge is 2.11. The van der Waals surface area contributed by atoms with Gasteiger partial charge in [-0.1, -0.05) is 17.7 Å². The van der Waals surface area contributed by atoms with Gasteiger partial charge in [0.25, 0.3) is 5.91 Å². The van der Waals surface area contributed by atoms with Crippen LogP contribution in [0.1, 0.15) is 10.5 Å². The van der Waals surface area contributed by atoms with Gasteiger partial charge in [-0.3, -0.25) is 9.78 Å². The molecule has 0 aliphatic carbocycles. The van der Waals surface area contributed by atoms with Crippen molar-refractivity contribution in [3.05, 3.63) is 59.6 Å². The van der Waals surface area contributed by atoms with Gasteiger partial charge in [0.2, 0.25) is 0 Å². The molecule has 0 saturated heterocycles. The first-order valence-electron chi connectivity index (χ1n) is 6.67. The maximum absolute atomic E-state index is 12.1. The van der Waals surface area contributed by atoms with Crippen LogP contribution in [-0.4, -0.2) is 25.7 Å². The van der Waals surface area contributed by atoms with E-state index in [2.05, 4.69) is 20.5 Å². The van der Waals surface area contributed by atoms with Gasteiger partial charge in [-0.2, -0.15) is 0 Å². The Morgan fingerprint density at radius 3 is 2.83 bits per heavy atom. The number of amides is 1. The highest BCUT2D eigenvalue weighted by Crippen LogP contribution is 2.33. The van der Waals surface area contributed by atoms with Gasteiger partial charge >= 0.3 is 0 Å². The molecule has 2 aromatic heterocycles. The van der Waals surface area contributed by atoms with Crippen molar-refractivity contribution in [3.63, 3.8) is 0 Å². The van der Waals surface area contributed by atoms with Crippen LogP contribution in [-0.2, 0) is 7.05 Å². The number of halogens is 1. The minimum absolute atomic E-state index is 0.282. The predicted octanol–water partition coefficient (Wildman–Crippen LogP) is 3.27. The summed E-state index contributed by atoms with van der Waals surface area (Å²) in [5.74, 6) is -0.282. The van der Waals surface area contributed by atoms with E-state index in [0.29, 0.717) is 16.4 Å². The topological polar surface area (TPSA) is 72.7 Å². The molecule has 0 unspecified atom stereocenters. The summed E-state index contributed by atoms with van der Waals surface area (Å²) >= 11 is 7.69. The quantitative estimate of drug-likeness (QED) is 0.785. The molecule has 6 nitrogen and oxygen atoms in total. The van der Waals surface area contributed by atoms with E-state index in [4.69, 9.17) is 11.6 Å². The Bertz CT molecular complexity index is 837. The Balaban J connectivity index is 1.74. The molecule has 0 radical (unpaired) electrons. The SMILES string of the molecule is Cn1cnnc1Sc1ccc(NC(=O)c2ccccn2)cc1Cl. The van der Waals surface area contributed by atoms with Crippen molar-refractivity contribution in [2.24, 2.45) is 7.05 Å². The summed E-state index contributed by atoms with van der Waals surface area (Å²) in [5.41, 5.74) is 0.953. The summed E-state index contributed by atoms with van der Waals surface area (Å²) in [6, 6.07) is 10.5. The average molecular weight is 346 g/mol. The summed E-state index contributed by atoms with van der Waals surface area (Å²) in [4.78, 5) is 16.9. The fraction of sp³-hybridized carbons (Fsp3) is 0.0667. The number of aryl methyl sites for hydroxylation is 1. The summed E-state index contributed by atoms with van der Waals surface area (Å²) in [6.45, 7) is 0. The van der Waals surface area contributed by atoms with Crippen LogP contribution >= 0.6 is 23.4 Å². The van der Waals surface area contributed by atoms with Crippen LogP contribution in [0.5, 0.6) is 0 Å². The van der Waals surface area contributed by atoms with Crippen LogP contribution in [0, 0.1) is 0 Å². The monoisotopic (exact) mass is 345 g/mol. The number of anilines is 1. The molecule has 23 heavy (non-hydrogen) atoms. The molecule has 0 spiro atoms. The van der Waals surface area contributed by atoms with Gasteiger partial charge < -0.3 is 9.88 Å². The summed E-state index contributed by atoms with van der Waals surface area (Å²) in [6.07, 6.45) is 3.19. The van der Waals surface area contributed by atoms with Crippen LogP contribution < -0.4 is 5.32 Å². The minimum atomic E-state index is -0.282. The number of carbonyl (C=O) groups is 1. The normalized spacial score (nSPS) is 10.5. The van der Waals surface area contributed by atoms with E-state index in [1.807, 2.05) is 13.1 Å². The number of benzene rings is 1. The first-order valence-corrected chi connectivity index (χ1v) is 7.87. The third-order valence-electron chi connectivity index (χ3n) is 2.96. The lowest BCUT2D eigenvalue weighted by molar-refractivity contribution is 0.102. The molecule has 0 aliphatic heterocycles. The number of rotatable bonds is 4. The molecule has 3 rings (SSSR count). The predicted molar refractivity (Wildman–Crippen MR) is 88.8 cm³/mol. The summed E-state index contributed by atoms with van der Waals surface area (Å²) < 4.78 is 1.80. The molecule has 116 valence electrons. The van der Waals surface area contributed by atoms with Crippen LogP contribution in [0.4, 0.5) is 5.69 Å². The third kappa shape index (κ3) is 3.69. The largest absolute Gasteiger partial charge is 0.321 e. The second kappa shape index (κ2) is 6.80. The highest BCUT2D eigenvalue weighted by atomic mass is 35.5. The van der Waals surface area contributed by atoms with Crippen molar-refractivity contribution in [2.45, 2.75) is 10.1 Å². The van der Waals surface area contributed by atoms with E-state index in [0.717, 1.165) is 10.1 Å². The minimum Gasteiger partial charge on any atom is -0.321 e. The van der Waals surface area contributed by atoms with Crippen molar-refractivity contribution < 1.29 is 4.79 Å². The molecule has 0 aliphatic rings. The van der Waals surface area contributed by atoms with E-state index in [-0.39, 0.29) is 5.91 Å². The molecule has 3 aromatic rings. The number of nitrogens with one attached hydrogen (secondary N) is 1. The second-order valence-electron chi connectivity index (χ2n) is 4.64. The lowest BCUT2D eigenvalue weighted by Gasteiger charge is -2.08. The molecule has 0 atom stereocenters. The first-order chi connectivity index (χ1) is 11.1. The maximum Gasteiger partial charge on any atom is 0.274 e. The standard InChI is InChI=1S/C15H12ClN5OS/c1-21-9-18-20-15(21)23-13-6-5-10(8-11(13)16)19-14(22)12-4-2-3-7-17-12/h2-9H,1H3,(H,19,22). The van der Waals surface area contributed by atoms with E-state index in [1.54, 1.807) is 47.4 Å². The van der Waals surface area contributed by atoms with Crippen molar-refractivity contribution >= 4 is 35.0 Å². The fourth-order valence-electron chi connectivity index (χ4n) is 1.82. The molecular weight excluding hydrogens is 334 g/mol. The second-order valence-corrected chi connectivity index (χ2v) is 6.06. The molecule has 8 heteroatoms. The molecule has 0 saturated carbocycles. The van der Waals surface area contributed by atoms with Crippen molar-refractivity contribution in [1.82, 2.24) is 19.7 Å². The maximum atomic E-state index is 12.1. The molecule has 1 aromatic carbocycles. The molecule has 1 amide bonds. The number of hydrogen-bond acceptors (Lipinski definition) is 5. The summed E-state index contributed by atoms with van der Waals surface area (Å²) in [7, 11) is 1.86. The van der Waals surface area contributed by atoms with Gasteiger partial charge in [0, 0.05) is 23.8 Å². The van der Waals surface area contributed by atoms with E-state index >= 15 is 0 Å². The molecule has 0 bridgehead atoms. The van der Waals surface area contributed by atoms with Crippen LogP contribution in [0.25, 0.3) is 0 Å². The van der Waals surface area contributed by atoms with Gasteiger partial charge in [-0.05, 0) is 42.1 Å². The molecule has 1 N–H and O–H groups in total. The number of hydrogen-bond donors (Lipinski definition) is 1. The van der Waals surface area contributed by atoms with Gasteiger partial charge in [0.05, 0.1) is 5.02 Å². The van der Waals surface area contributed by atoms with Gasteiger partial charge in [0.15, 0.2) is 5.16 Å². The van der Waals surface area contributed by atoms with Gasteiger partial charge in [0.1, 0.15) is 12.0 Å². The Labute approximate surface area is 141 Å². The lowest BCUT2D eigenvalue weighted by Crippen LogP contribution is -2.13. The van der Waals surface area contributed by atoms with Gasteiger partial charge in [-0.25, -0.2) is 0 Å². The van der Waals surface area contributed by atoms with Crippen LogP contribution in [0.3, 0.4) is 0 Å². The Morgan fingerprint density at radius 1 is 1.30 bits per heavy atom. The van der Waals surface area contributed by atoms with Crippen LogP contribution in [0.2, 0.25) is 5.02 Å². The number of carbonyl (C=O) groups excluding carboxylic acids is 1. The zero-order chi connectivity index (χ0) is 16.2. The van der Waals surface area contributed by atoms with Crippen LogP contribution in [0.15, 0.2) is 59.0 Å². The number of aromatic nitrogens is 4. The van der Waals surface area contributed by atoms with Crippen molar-refractivity contribution in [2.75, 3.05) is 5.32 Å². The fourth-order valence-corrected chi connectivity index (χ4v) is 2.88. The van der Waals surface area contributed by atoms with Crippen molar-refractivity contribution in [1.29, 1.82) is 0 Å². The van der Waals surface area contributed by atoms with E-state index in [9.17, 15) is 4.79 Å². The average Bonchev–Trinajstić information content (AvgIpc) is 2.96. The van der Waals surface area contributed by atoms with Gasteiger partial charge in [-0.15, -0.1) is 10.2 Å². The lowest BCUT2D eigenvalue weighted by atomic mass is 10.3. The summed E-state index contributed by atoms with van der Waals surface area (Å²) in [5, 5.41) is 11.9. The molecule has 2 heterocycles. The smallest absolute Gasteiger partial charge is 0.274 e.